The molecule has 2 amide bonds. The lowest BCUT2D eigenvalue weighted by Crippen LogP contribution is -2.38. The van der Waals surface area contributed by atoms with Crippen LogP contribution in [0.3, 0.4) is 0 Å². The van der Waals surface area contributed by atoms with Gasteiger partial charge in [-0.3, -0.25) is 9.59 Å². The van der Waals surface area contributed by atoms with E-state index < -0.39 is 17.8 Å². The molecule has 2 aromatic carbocycles. The van der Waals surface area contributed by atoms with Gasteiger partial charge in [-0.05, 0) is 56.2 Å². The summed E-state index contributed by atoms with van der Waals surface area (Å²) in [6.45, 7) is 2.87. The number of nitrogens with zero attached hydrogens (tertiary/aromatic N) is 1. The maximum atomic E-state index is 12.6. The Labute approximate surface area is 179 Å². The van der Waals surface area contributed by atoms with Crippen molar-refractivity contribution in [1.29, 1.82) is 0 Å². The van der Waals surface area contributed by atoms with Crippen LogP contribution < -0.4 is 10.2 Å². The largest absolute Gasteiger partial charge is 0.478 e. The van der Waals surface area contributed by atoms with Gasteiger partial charge in [-0.1, -0.05) is 18.2 Å². The van der Waals surface area contributed by atoms with Crippen molar-refractivity contribution < 1.29 is 29.0 Å². The zero-order valence-electron chi connectivity index (χ0n) is 17.1. The lowest BCUT2D eigenvalue weighted by atomic mass is 10.1. The van der Waals surface area contributed by atoms with Crippen molar-refractivity contribution >= 4 is 35.1 Å². The minimum Gasteiger partial charge on any atom is -0.478 e. The minimum absolute atomic E-state index is 0.00897. The predicted molar refractivity (Wildman–Crippen MR) is 114 cm³/mol. The molecular weight excluding hydrogens is 400 g/mol. The Morgan fingerprint density at radius 1 is 1.13 bits per heavy atom. The third-order valence-corrected chi connectivity index (χ3v) is 4.88. The molecule has 0 unspecified atom stereocenters. The number of carboxylic acid groups (broad SMARTS) is 1. The molecule has 0 radical (unpaired) electrons. The summed E-state index contributed by atoms with van der Waals surface area (Å²) in [6.07, 6.45) is 1.72. The van der Waals surface area contributed by atoms with Gasteiger partial charge in [0.2, 0.25) is 5.91 Å². The Morgan fingerprint density at radius 3 is 2.48 bits per heavy atom. The van der Waals surface area contributed by atoms with Gasteiger partial charge in [0.25, 0.3) is 5.91 Å². The molecule has 0 saturated heterocycles. The summed E-state index contributed by atoms with van der Waals surface area (Å²) in [6, 6.07) is 13.5. The normalized spacial score (nSPS) is 15.2. The molecule has 1 aliphatic heterocycles. The van der Waals surface area contributed by atoms with Gasteiger partial charge >= 0.3 is 11.9 Å². The van der Waals surface area contributed by atoms with Crippen molar-refractivity contribution in [3.8, 4) is 0 Å². The summed E-state index contributed by atoms with van der Waals surface area (Å²) >= 11 is 0. The number of hydrogen-bond donors (Lipinski definition) is 2. The van der Waals surface area contributed by atoms with Crippen molar-refractivity contribution in [2.45, 2.75) is 26.3 Å². The van der Waals surface area contributed by atoms with Gasteiger partial charge in [-0.2, -0.15) is 0 Å². The lowest BCUT2D eigenvalue weighted by molar-refractivity contribution is -0.132. The highest BCUT2D eigenvalue weighted by Gasteiger charge is 2.31. The zero-order chi connectivity index (χ0) is 22.5. The second kappa shape index (κ2) is 9.25. The van der Waals surface area contributed by atoms with Crippen molar-refractivity contribution in [3.63, 3.8) is 0 Å². The van der Waals surface area contributed by atoms with Crippen LogP contribution in [0.15, 0.2) is 60.2 Å². The molecule has 1 aliphatic rings. The first-order valence-corrected chi connectivity index (χ1v) is 9.66. The standard InChI is InChI=1S/C23H22N2O6/c1-14(22(28)29)11-20(26)24-18-9-7-16(8-10-18)23(30)31-13-21(27)25-15(2)12-17-5-3-4-6-19(17)25/h3-11,15H,12-13H2,1-2H3,(H,24,26)(H,28,29)/b14-11-/t15-/m1/s1. The van der Waals surface area contributed by atoms with E-state index in [1.54, 1.807) is 4.90 Å². The monoisotopic (exact) mass is 422 g/mol. The molecular formula is C23H22N2O6. The number of benzene rings is 2. The van der Waals surface area contributed by atoms with Crippen LogP contribution in [-0.2, 0) is 25.5 Å². The third-order valence-electron chi connectivity index (χ3n) is 4.88. The van der Waals surface area contributed by atoms with Crippen LogP contribution in [-0.4, -0.2) is 41.5 Å². The van der Waals surface area contributed by atoms with E-state index >= 15 is 0 Å². The number of nitrogens with one attached hydrogen (secondary N) is 1. The molecule has 0 spiro atoms. The number of carbonyl (C=O) groups is 4. The number of para-hydroxylation sites is 1. The van der Waals surface area contributed by atoms with E-state index in [-0.39, 0.29) is 29.7 Å². The van der Waals surface area contributed by atoms with Gasteiger partial charge < -0.3 is 20.1 Å². The third kappa shape index (κ3) is 5.16. The zero-order valence-corrected chi connectivity index (χ0v) is 17.1. The molecule has 31 heavy (non-hydrogen) atoms. The maximum Gasteiger partial charge on any atom is 0.338 e. The van der Waals surface area contributed by atoms with Gasteiger partial charge in [0.15, 0.2) is 6.61 Å². The van der Waals surface area contributed by atoms with E-state index in [1.165, 1.54) is 31.2 Å². The topological polar surface area (TPSA) is 113 Å². The van der Waals surface area contributed by atoms with E-state index in [9.17, 15) is 19.2 Å². The average Bonchev–Trinajstić information content (AvgIpc) is 3.07. The van der Waals surface area contributed by atoms with Crippen molar-refractivity contribution in [1.82, 2.24) is 0 Å². The summed E-state index contributed by atoms with van der Waals surface area (Å²) in [5.74, 6) is -2.74. The molecule has 2 N–H and O–H groups in total. The van der Waals surface area contributed by atoms with E-state index in [4.69, 9.17) is 9.84 Å². The van der Waals surface area contributed by atoms with Crippen LogP contribution >= 0.6 is 0 Å². The van der Waals surface area contributed by atoms with Crippen LogP contribution in [0.1, 0.15) is 29.8 Å². The molecule has 0 aliphatic carbocycles. The summed E-state index contributed by atoms with van der Waals surface area (Å²) in [5, 5.41) is 11.3. The van der Waals surface area contributed by atoms with Crippen molar-refractivity contribution in [3.05, 3.63) is 71.3 Å². The molecule has 2 aromatic rings. The smallest absolute Gasteiger partial charge is 0.338 e. The second-order valence-corrected chi connectivity index (χ2v) is 7.22. The van der Waals surface area contributed by atoms with Gasteiger partial charge in [-0.15, -0.1) is 0 Å². The Bertz CT molecular complexity index is 1060. The second-order valence-electron chi connectivity index (χ2n) is 7.22. The highest BCUT2D eigenvalue weighted by molar-refractivity contribution is 6.04. The summed E-state index contributed by atoms with van der Waals surface area (Å²) in [5.41, 5.74) is 2.42. The van der Waals surface area contributed by atoms with Crippen molar-refractivity contribution in [2.24, 2.45) is 0 Å². The van der Waals surface area contributed by atoms with Crippen LogP contribution in [0.2, 0.25) is 0 Å². The molecule has 8 heteroatoms. The Balaban J connectivity index is 1.56. The first-order chi connectivity index (χ1) is 14.8. The highest BCUT2D eigenvalue weighted by atomic mass is 16.5. The van der Waals surface area contributed by atoms with Crippen LogP contribution in [0.5, 0.6) is 0 Å². The van der Waals surface area contributed by atoms with Crippen LogP contribution in [0.25, 0.3) is 0 Å². The van der Waals surface area contributed by atoms with E-state index in [0.29, 0.717) is 5.69 Å². The molecule has 160 valence electrons. The number of carboxylic acids is 1. The first-order valence-electron chi connectivity index (χ1n) is 9.66. The number of anilines is 2. The van der Waals surface area contributed by atoms with E-state index in [0.717, 1.165) is 23.7 Å². The number of esters is 1. The SMILES string of the molecule is C/C(=C/C(=O)Nc1ccc(C(=O)OCC(=O)N2c3ccccc3C[C@H]2C)cc1)C(=O)O. The average molecular weight is 422 g/mol. The van der Waals surface area contributed by atoms with E-state index in [2.05, 4.69) is 5.32 Å². The molecule has 1 atom stereocenters. The number of rotatable bonds is 6. The van der Waals surface area contributed by atoms with Crippen molar-refractivity contribution in [2.75, 3.05) is 16.8 Å². The predicted octanol–water partition coefficient (Wildman–Crippen LogP) is 2.79. The van der Waals surface area contributed by atoms with Crippen LogP contribution in [0, 0.1) is 0 Å². The molecule has 0 aromatic heterocycles. The molecule has 8 nitrogen and oxygen atoms in total. The summed E-state index contributed by atoms with van der Waals surface area (Å²) in [7, 11) is 0. The fraction of sp³-hybridized carbons (Fsp3) is 0.217. The lowest BCUT2D eigenvalue weighted by Gasteiger charge is -2.22. The summed E-state index contributed by atoms with van der Waals surface area (Å²) < 4.78 is 5.17. The number of ether oxygens (including phenoxy) is 1. The fourth-order valence-corrected chi connectivity index (χ4v) is 3.35. The van der Waals surface area contributed by atoms with Gasteiger partial charge in [0.1, 0.15) is 0 Å². The van der Waals surface area contributed by atoms with E-state index in [1.807, 2.05) is 31.2 Å². The quantitative estimate of drug-likeness (QED) is 0.547. The number of aliphatic carboxylic acids is 1. The molecule has 0 fully saturated rings. The highest BCUT2D eigenvalue weighted by Crippen LogP contribution is 2.31. The van der Waals surface area contributed by atoms with Gasteiger partial charge in [-0.25, -0.2) is 9.59 Å². The molecule has 3 rings (SSSR count). The molecule has 1 heterocycles. The van der Waals surface area contributed by atoms with Crippen LogP contribution in [0.4, 0.5) is 11.4 Å². The first kappa shape index (κ1) is 21.8. The Hall–Kier alpha value is -3.94. The number of hydrogen-bond acceptors (Lipinski definition) is 5. The number of carbonyl (C=O) groups excluding carboxylic acids is 3. The maximum absolute atomic E-state index is 12.6. The number of fused-ring (bicyclic) bond motifs is 1. The fourth-order valence-electron chi connectivity index (χ4n) is 3.35. The molecule has 0 saturated carbocycles. The Kier molecular flexibility index (Phi) is 6.49. The summed E-state index contributed by atoms with van der Waals surface area (Å²) in [4.78, 5) is 49.1. The minimum atomic E-state index is -1.19. The number of amides is 2. The molecule has 0 bridgehead atoms. The van der Waals surface area contributed by atoms with Gasteiger partial charge in [0.05, 0.1) is 5.56 Å². The van der Waals surface area contributed by atoms with Gasteiger partial charge in [0, 0.05) is 29.1 Å². The Morgan fingerprint density at radius 2 is 1.81 bits per heavy atom.